The minimum atomic E-state index is -0.605. The Balaban J connectivity index is 1.75. The topological polar surface area (TPSA) is 125 Å². The van der Waals surface area contributed by atoms with Crippen LogP contribution in [0.25, 0.3) is 10.9 Å². The molecule has 2 aromatic rings. The SMILES string of the molecule is NC(=O)CCN(NC(=O)[C@@H](CC(=O)c1cc2ccccc2[nH]1)CC1CCCCC1)C(=O)CCl. The molecule has 0 radical (unpaired) electrons. The zero-order valence-corrected chi connectivity index (χ0v) is 19.4. The number of rotatable bonds is 10. The molecule has 3 rings (SSSR count). The molecular formula is C24H31ClN4O4. The van der Waals surface area contributed by atoms with Crippen molar-refractivity contribution in [1.82, 2.24) is 15.4 Å². The summed E-state index contributed by atoms with van der Waals surface area (Å²) in [6, 6.07) is 9.40. The van der Waals surface area contributed by atoms with E-state index in [0.29, 0.717) is 18.0 Å². The summed E-state index contributed by atoms with van der Waals surface area (Å²) in [4.78, 5) is 52.8. The molecule has 3 amide bonds. The van der Waals surface area contributed by atoms with Crippen molar-refractivity contribution in [3.05, 3.63) is 36.0 Å². The second kappa shape index (κ2) is 11.8. The number of aromatic nitrogens is 1. The number of Topliss-reactive ketones (excluding diaryl/α,β-unsaturated/α-hetero) is 1. The van der Waals surface area contributed by atoms with Crippen LogP contribution in [0.2, 0.25) is 0 Å². The molecule has 178 valence electrons. The van der Waals surface area contributed by atoms with Crippen LogP contribution in [0.3, 0.4) is 0 Å². The normalized spacial score (nSPS) is 15.2. The van der Waals surface area contributed by atoms with E-state index in [1.54, 1.807) is 6.07 Å². The van der Waals surface area contributed by atoms with E-state index < -0.39 is 23.6 Å². The first-order valence-electron chi connectivity index (χ1n) is 11.4. The number of H-pyrrole nitrogens is 1. The average Bonchev–Trinajstić information content (AvgIpc) is 3.25. The summed E-state index contributed by atoms with van der Waals surface area (Å²) in [5, 5.41) is 1.96. The van der Waals surface area contributed by atoms with E-state index in [9.17, 15) is 19.2 Å². The van der Waals surface area contributed by atoms with Crippen molar-refractivity contribution in [3.8, 4) is 0 Å². The lowest BCUT2D eigenvalue weighted by Crippen LogP contribution is -2.50. The first-order valence-corrected chi connectivity index (χ1v) is 12.0. The molecule has 1 saturated carbocycles. The molecule has 0 unspecified atom stereocenters. The first kappa shape index (κ1) is 24.8. The van der Waals surface area contributed by atoms with E-state index >= 15 is 0 Å². The molecule has 1 aliphatic rings. The Morgan fingerprint density at radius 2 is 1.88 bits per heavy atom. The molecule has 1 fully saturated rings. The number of hydrazine groups is 1. The largest absolute Gasteiger partial charge is 0.370 e. The molecular weight excluding hydrogens is 444 g/mol. The van der Waals surface area contributed by atoms with Crippen LogP contribution in [0.4, 0.5) is 0 Å². The van der Waals surface area contributed by atoms with Crippen LogP contribution in [0, 0.1) is 11.8 Å². The molecule has 9 heteroatoms. The molecule has 0 bridgehead atoms. The third-order valence-electron chi connectivity index (χ3n) is 6.22. The number of carbonyl (C=O) groups is 4. The van der Waals surface area contributed by atoms with Gasteiger partial charge in [-0.05, 0) is 24.5 Å². The van der Waals surface area contributed by atoms with Gasteiger partial charge in [0.05, 0.1) is 12.2 Å². The monoisotopic (exact) mass is 474 g/mol. The van der Waals surface area contributed by atoms with Gasteiger partial charge in [0.2, 0.25) is 11.8 Å². The highest BCUT2D eigenvalue weighted by Crippen LogP contribution is 2.31. The number of alkyl halides is 1. The smallest absolute Gasteiger partial charge is 0.255 e. The van der Waals surface area contributed by atoms with Crippen molar-refractivity contribution in [2.45, 2.75) is 51.4 Å². The zero-order valence-electron chi connectivity index (χ0n) is 18.6. The Morgan fingerprint density at radius 3 is 2.55 bits per heavy atom. The van der Waals surface area contributed by atoms with Crippen molar-refractivity contribution in [1.29, 1.82) is 0 Å². The molecule has 1 aromatic heterocycles. The van der Waals surface area contributed by atoms with E-state index in [4.69, 9.17) is 17.3 Å². The molecule has 4 N–H and O–H groups in total. The van der Waals surface area contributed by atoms with Crippen LogP contribution < -0.4 is 11.2 Å². The van der Waals surface area contributed by atoms with Gasteiger partial charge < -0.3 is 10.7 Å². The maximum Gasteiger partial charge on any atom is 0.255 e. The number of carbonyl (C=O) groups excluding carboxylic acids is 4. The number of hydrogen-bond donors (Lipinski definition) is 3. The first-order chi connectivity index (χ1) is 15.9. The van der Waals surface area contributed by atoms with Crippen molar-refractivity contribution in [3.63, 3.8) is 0 Å². The second-order valence-electron chi connectivity index (χ2n) is 8.71. The fourth-order valence-corrected chi connectivity index (χ4v) is 4.57. The summed E-state index contributed by atoms with van der Waals surface area (Å²) in [5.41, 5.74) is 9.09. The predicted octanol–water partition coefficient (Wildman–Crippen LogP) is 3.30. The third-order valence-corrected chi connectivity index (χ3v) is 6.45. The van der Waals surface area contributed by atoms with E-state index in [0.717, 1.165) is 41.6 Å². The maximum atomic E-state index is 13.2. The molecule has 0 spiro atoms. The van der Waals surface area contributed by atoms with Crippen LogP contribution in [-0.2, 0) is 14.4 Å². The van der Waals surface area contributed by atoms with Gasteiger partial charge in [0.15, 0.2) is 5.78 Å². The number of ketones is 1. The predicted molar refractivity (Wildman–Crippen MR) is 126 cm³/mol. The van der Waals surface area contributed by atoms with Gasteiger partial charge in [-0.2, -0.15) is 0 Å². The third kappa shape index (κ3) is 7.05. The highest BCUT2D eigenvalue weighted by Gasteiger charge is 2.29. The Kier molecular flexibility index (Phi) is 8.88. The number of nitrogens with one attached hydrogen (secondary N) is 2. The molecule has 1 atom stereocenters. The van der Waals surface area contributed by atoms with Crippen molar-refractivity contribution >= 4 is 46.0 Å². The van der Waals surface area contributed by atoms with Gasteiger partial charge in [-0.1, -0.05) is 50.3 Å². The van der Waals surface area contributed by atoms with E-state index in [1.807, 2.05) is 24.3 Å². The number of nitrogens with zero attached hydrogens (tertiary/aromatic N) is 1. The van der Waals surface area contributed by atoms with Crippen molar-refractivity contribution < 1.29 is 19.2 Å². The fraction of sp³-hybridized carbons (Fsp3) is 0.500. The Labute approximate surface area is 198 Å². The second-order valence-corrected chi connectivity index (χ2v) is 8.97. The molecule has 8 nitrogen and oxygen atoms in total. The summed E-state index contributed by atoms with van der Waals surface area (Å²) in [7, 11) is 0. The van der Waals surface area contributed by atoms with Crippen LogP contribution in [0.1, 0.15) is 61.9 Å². The highest BCUT2D eigenvalue weighted by molar-refractivity contribution is 6.27. The molecule has 1 aromatic carbocycles. The Morgan fingerprint density at radius 1 is 1.15 bits per heavy atom. The lowest BCUT2D eigenvalue weighted by molar-refractivity contribution is -0.142. The van der Waals surface area contributed by atoms with Crippen molar-refractivity contribution in [2.24, 2.45) is 17.6 Å². The van der Waals surface area contributed by atoms with Crippen molar-refractivity contribution in [2.75, 3.05) is 12.4 Å². The lowest BCUT2D eigenvalue weighted by Gasteiger charge is -2.28. The number of primary amides is 1. The maximum absolute atomic E-state index is 13.2. The Bertz CT molecular complexity index is 966. The van der Waals surface area contributed by atoms with Crippen LogP contribution >= 0.6 is 11.6 Å². The quantitative estimate of drug-likeness (QED) is 0.277. The number of fused-ring (bicyclic) bond motifs is 1. The standard InChI is InChI=1S/C24H31ClN4O4/c25-15-23(32)29(11-10-22(26)31)28-24(33)18(12-16-6-2-1-3-7-16)14-21(30)20-13-17-8-4-5-9-19(17)27-20/h4-5,8-9,13,16,18,27H,1-3,6-7,10-12,14-15H2,(H2,26,31)(H,28,33)/t18-/m1/s1. The Hall–Kier alpha value is -2.87. The number of aromatic amines is 1. The minimum absolute atomic E-state index is 0.0217. The zero-order chi connectivity index (χ0) is 23.8. The van der Waals surface area contributed by atoms with E-state index in [2.05, 4.69) is 10.4 Å². The minimum Gasteiger partial charge on any atom is -0.370 e. The number of benzene rings is 1. The summed E-state index contributed by atoms with van der Waals surface area (Å²) < 4.78 is 0. The summed E-state index contributed by atoms with van der Waals surface area (Å²) >= 11 is 5.67. The summed E-state index contributed by atoms with van der Waals surface area (Å²) in [6.45, 7) is -0.0707. The number of para-hydroxylation sites is 1. The average molecular weight is 475 g/mol. The highest BCUT2D eigenvalue weighted by atomic mass is 35.5. The van der Waals surface area contributed by atoms with Gasteiger partial charge in [0, 0.05) is 29.7 Å². The number of hydrogen-bond acceptors (Lipinski definition) is 4. The number of halogens is 1. The van der Waals surface area contributed by atoms with Gasteiger partial charge in [0.25, 0.3) is 5.91 Å². The van der Waals surface area contributed by atoms with Gasteiger partial charge in [-0.25, -0.2) is 0 Å². The lowest BCUT2D eigenvalue weighted by atomic mass is 9.81. The van der Waals surface area contributed by atoms with Gasteiger partial charge in [-0.15, -0.1) is 11.6 Å². The molecule has 33 heavy (non-hydrogen) atoms. The molecule has 0 aliphatic heterocycles. The van der Waals surface area contributed by atoms with Gasteiger partial charge >= 0.3 is 0 Å². The molecule has 1 heterocycles. The number of nitrogens with two attached hydrogens (primary N) is 1. The van der Waals surface area contributed by atoms with E-state index in [1.165, 1.54) is 6.42 Å². The van der Waals surface area contributed by atoms with Gasteiger partial charge in [0.1, 0.15) is 5.88 Å². The van der Waals surface area contributed by atoms with Crippen LogP contribution in [0.15, 0.2) is 30.3 Å². The fourth-order valence-electron chi connectivity index (χ4n) is 4.43. The summed E-state index contributed by atoms with van der Waals surface area (Å²) in [5.74, 6) is -2.31. The molecule has 1 aliphatic carbocycles. The van der Waals surface area contributed by atoms with E-state index in [-0.39, 0.29) is 31.0 Å². The van der Waals surface area contributed by atoms with Gasteiger partial charge in [-0.3, -0.25) is 29.6 Å². The molecule has 0 saturated heterocycles. The summed E-state index contributed by atoms with van der Waals surface area (Å²) in [6.07, 6.45) is 5.95. The number of amides is 3. The van der Waals surface area contributed by atoms with Crippen LogP contribution in [0.5, 0.6) is 0 Å². The van der Waals surface area contributed by atoms with Crippen LogP contribution in [-0.4, -0.2) is 45.9 Å².